The fraction of sp³-hybridized carbons (Fsp3) is 0.235. The van der Waals surface area contributed by atoms with Crippen molar-refractivity contribution in [3.63, 3.8) is 0 Å². The van der Waals surface area contributed by atoms with Gasteiger partial charge in [-0.2, -0.15) is 0 Å². The van der Waals surface area contributed by atoms with Crippen LogP contribution in [-0.2, 0) is 4.74 Å². The number of nitrogens with zero attached hydrogens (tertiary/aromatic N) is 1. The smallest absolute Gasteiger partial charge is 0.412 e. The standard InChI is InChI=1S/C17H19N3O3/c1-17(2,3)23-16(22)18-14-9-7-13(8-10-14)15(21)19-20-11-5-4-6-12-20/h4-12H,1-3H3,(H-,18,19,21,22)/p+1. The highest BCUT2D eigenvalue weighted by Gasteiger charge is 2.16. The molecule has 1 aromatic carbocycles. The molecule has 2 amide bonds. The van der Waals surface area contributed by atoms with E-state index < -0.39 is 11.7 Å². The highest BCUT2D eigenvalue weighted by molar-refractivity contribution is 5.99. The Bertz CT molecular complexity index is 676. The van der Waals surface area contributed by atoms with Gasteiger partial charge in [-0.15, -0.1) is 5.43 Å². The van der Waals surface area contributed by atoms with Crippen LogP contribution in [0.1, 0.15) is 31.1 Å². The summed E-state index contributed by atoms with van der Waals surface area (Å²) in [5, 5.41) is 2.62. The summed E-state index contributed by atoms with van der Waals surface area (Å²) in [6.45, 7) is 5.38. The Balaban J connectivity index is 1.96. The van der Waals surface area contributed by atoms with Gasteiger partial charge in [-0.3, -0.25) is 10.1 Å². The quantitative estimate of drug-likeness (QED) is 0.856. The van der Waals surface area contributed by atoms with Gasteiger partial charge in [0, 0.05) is 23.4 Å². The Kier molecular flexibility index (Phi) is 4.95. The first kappa shape index (κ1) is 16.5. The zero-order chi connectivity index (χ0) is 16.9. The lowest BCUT2D eigenvalue weighted by Gasteiger charge is -2.19. The maximum absolute atomic E-state index is 12.1. The number of aromatic nitrogens is 1. The van der Waals surface area contributed by atoms with Crippen LogP contribution in [0.3, 0.4) is 0 Å². The predicted octanol–water partition coefficient (Wildman–Crippen LogP) is 2.71. The first-order valence-corrected chi connectivity index (χ1v) is 7.21. The van der Waals surface area contributed by atoms with E-state index in [1.165, 1.54) is 0 Å². The van der Waals surface area contributed by atoms with Crippen molar-refractivity contribution in [2.24, 2.45) is 0 Å². The first-order chi connectivity index (χ1) is 10.8. The number of carbonyl (C=O) groups excluding carboxylic acids is 2. The normalized spacial score (nSPS) is 10.7. The van der Waals surface area contributed by atoms with E-state index in [9.17, 15) is 9.59 Å². The lowest BCUT2D eigenvalue weighted by atomic mass is 10.2. The molecule has 2 rings (SSSR count). The van der Waals surface area contributed by atoms with E-state index in [2.05, 4.69) is 10.7 Å². The monoisotopic (exact) mass is 314 g/mol. The van der Waals surface area contributed by atoms with E-state index in [4.69, 9.17) is 4.74 Å². The van der Waals surface area contributed by atoms with Gasteiger partial charge in [-0.1, -0.05) is 10.7 Å². The van der Waals surface area contributed by atoms with Gasteiger partial charge < -0.3 is 4.74 Å². The van der Waals surface area contributed by atoms with Gasteiger partial charge in [0.25, 0.3) is 0 Å². The van der Waals surface area contributed by atoms with Crippen molar-refractivity contribution in [2.75, 3.05) is 10.7 Å². The van der Waals surface area contributed by atoms with E-state index in [-0.39, 0.29) is 5.91 Å². The summed E-state index contributed by atoms with van der Waals surface area (Å²) < 4.78 is 6.73. The van der Waals surface area contributed by atoms with Crippen molar-refractivity contribution >= 4 is 17.7 Å². The van der Waals surface area contributed by atoms with Crippen molar-refractivity contribution in [3.8, 4) is 0 Å². The zero-order valence-corrected chi connectivity index (χ0v) is 13.4. The molecule has 0 aliphatic heterocycles. The minimum absolute atomic E-state index is 0.245. The van der Waals surface area contributed by atoms with Gasteiger partial charge in [0.15, 0.2) is 12.4 Å². The Morgan fingerprint density at radius 1 is 1.00 bits per heavy atom. The molecule has 23 heavy (non-hydrogen) atoms. The van der Waals surface area contributed by atoms with Gasteiger partial charge >= 0.3 is 12.0 Å². The Morgan fingerprint density at radius 2 is 1.61 bits per heavy atom. The molecule has 0 saturated carbocycles. The molecule has 0 saturated heterocycles. The molecular formula is C17H20N3O3+. The first-order valence-electron chi connectivity index (χ1n) is 7.21. The molecule has 2 N–H and O–H groups in total. The molecule has 1 aromatic heterocycles. The van der Waals surface area contributed by atoms with Crippen molar-refractivity contribution in [1.82, 2.24) is 0 Å². The van der Waals surface area contributed by atoms with Gasteiger partial charge in [-0.05, 0) is 45.0 Å². The van der Waals surface area contributed by atoms with Crippen LogP contribution >= 0.6 is 0 Å². The van der Waals surface area contributed by atoms with Crippen LogP contribution in [0.15, 0.2) is 54.9 Å². The topological polar surface area (TPSA) is 71.3 Å². The van der Waals surface area contributed by atoms with Gasteiger partial charge in [-0.25, -0.2) is 4.79 Å². The fourth-order valence-electron chi connectivity index (χ4n) is 1.78. The Morgan fingerprint density at radius 3 is 2.17 bits per heavy atom. The number of ether oxygens (including phenoxy) is 1. The van der Waals surface area contributed by atoms with Crippen LogP contribution in [0, 0.1) is 0 Å². The lowest BCUT2D eigenvalue weighted by Crippen LogP contribution is -2.47. The molecule has 0 aliphatic carbocycles. The van der Waals surface area contributed by atoms with E-state index in [1.807, 2.05) is 18.2 Å². The van der Waals surface area contributed by atoms with Crippen LogP contribution in [0.25, 0.3) is 0 Å². The maximum Gasteiger partial charge on any atom is 0.412 e. The molecular weight excluding hydrogens is 294 g/mol. The third-order valence-electron chi connectivity index (χ3n) is 2.74. The number of carbonyl (C=O) groups is 2. The maximum atomic E-state index is 12.1. The number of rotatable bonds is 3. The van der Waals surface area contributed by atoms with Crippen LogP contribution in [-0.4, -0.2) is 17.6 Å². The molecule has 0 bridgehead atoms. The third-order valence-corrected chi connectivity index (χ3v) is 2.74. The molecule has 2 aromatic rings. The summed E-state index contributed by atoms with van der Waals surface area (Å²) >= 11 is 0. The van der Waals surface area contributed by atoms with E-state index >= 15 is 0 Å². The second-order valence-electron chi connectivity index (χ2n) is 5.93. The molecule has 1 heterocycles. The molecule has 6 nitrogen and oxygen atoms in total. The fourth-order valence-corrected chi connectivity index (χ4v) is 1.78. The summed E-state index contributed by atoms with van der Waals surface area (Å²) in [6, 6.07) is 12.0. The van der Waals surface area contributed by atoms with Gasteiger partial charge in [0.2, 0.25) is 0 Å². The van der Waals surface area contributed by atoms with E-state index in [0.29, 0.717) is 11.3 Å². The predicted molar refractivity (Wildman–Crippen MR) is 86.6 cm³/mol. The van der Waals surface area contributed by atoms with Gasteiger partial charge in [0.05, 0.1) is 0 Å². The number of benzene rings is 1. The molecule has 0 fully saturated rings. The van der Waals surface area contributed by atoms with Gasteiger partial charge in [0.1, 0.15) is 5.60 Å². The van der Waals surface area contributed by atoms with E-state index in [0.717, 1.165) is 0 Å². The SMILES string of the molecule is CC(C)(C)OC(=O)Nc1ccc(C(=O)N[n+]2ccccc2)cc1. The lowest BCUT2D eigenvalue weighted by molar-refractivity contribution is -0.641. The Hall–Kier alpha value is -2.89. The highest BCUT2D eigenvalue weighted by atomic mass is 16.6. The molecule has 0 aliphatic rings. The summed E-state index contributed by atoms with van der Waals surface area (Å²) in [5.41, 5.74) is 3.20. The van der Waals surface area contributed by atoms with Crippen molar-refractivity contribution in [1.29, 1.82) is 0 Å². The van der Waals surface area contributed by atoms with Crippen molar-refractivity contribution in [3.05, 3.63) is 60.4 Å². The zero-order valence-electron chi connectivity index (χ0n) is 13.4. The largest absolute Gasteiger partial charge is 0.444 e. The number of anilines is 1. The Labute approximate surface area is 135 Å². The number of pyridine rings is 1. The summed E-state index contributed by atoms with van der Waals surface area (Å²) in [6.07, 6.45) is 2.93. The van der Waals surface area contributed by atoms with Crippen LogP contribution in [0.4, 0.5) is 10.5 Å². The second kappa shape index (κ2) is 6.91. The summed E-state index contributed by atoms with van der Waals surface area (Å²) in [5.74, 6) is -0.245. The van der Waals surface area contributed by atoms with Crippen LogP contribution < -0.4 is 15.4 Å². The minimum Gasteiger partial charge on any atom is -0.444 e. The number of hydrogen-bond donors (Lipinski definition) is 2. The number of nitrogens with one attached hydrogen (secondary N) is 2. The number of amides is 2. The molecule has 0 atom stereocenters. The van der Waals surface area contributed by atoms with Crippen LogP contribution in [0.2, 0.25) is 0 Å². The molecule has 0 unspecified atom stereocenters. The molecule has 120 valence electrons. The second-order valence-corrected chi connectivity index (χ2v) is 5.93. The third kappa shape index (κ3) is 5.43. The highest BCUT2D eigenvalue weighted by Crippen LogP contribution is 2.13. The number of hydrogen-bond acceptors (Lipinski definition) is 3. The minimum atomic E-state index is -0.559. The average molecular weight is 314 g/mol. The molecule has 0 spiro atoms. The van der Waals surface area contributed by atoms with Crippen molar-refractivity contribution in [2.45, 2.75) is 26.4 Å². The molecule has 0 radical (unpaired) electrons. The van der Waals surface area contributed by atoms with Crippen LogP contribution in [0.5, 0.6) is 0 Å². The van der Waals surface area contributed by atoms with E-state index in [1.54, 1.807) is 62.1 Å². The summed E-state index contributed by atoms with van der Waals surface area (Å²) in [7, 11) is 0. The molecule has 6 heteroatoms. The average Bonchev–Trinajstić information content (AvgIpc) is 2.47. The summed E-state index contributed by atoms with van der Waals surface area (Å²) in [4.78, 5) is 23.8. The van der Waals surface area contributed by atoms with Crippen molar-refractivity contribution < 1.29 is 19.0 Å².